The van der Waals surface area contributed by atoms with Crippen molar-refractivity contribution in [2.75, 3.05) is 46.3 Å². The van der Waals surface area contributed by atoms with Crippen molar-refractivity contribution in [3.05, 3.63) is 70.6 Å². The highest BCUT2D eigenvalue weighted by atomic mass is 16.2. The number of hydrogen-bond donors (Lipinski definition) is 1. The van der Waals surface area contributed by atoms with Gasteiger partial charge < -0.3 is 10.2 Å². The molecule has 1 N–H and O–H groups in total. The first kappa shape index (κ1) is 19.7. The van der Waals surface area contributed by atoms with Crippen LogP contribution < -0.4 is 10.9 Å². The second kappa shape index (κ2) is 8.09. The van der Waals surface area contributed by atoms with Gasteiger partial charge in [0.15, 0.2) is 5.65 Å². The van der Waals surface area contributed by atoms with E-state index in [2.05, 4.69) is 22.2 Å². The van der Waals surface area contributed by atoms with Crippen molar-refractivity contribution in [2.24, 2.45) is 0 Å². The summed E-state index contributed by atoms with van der Waals surface area (Å²) in [4.78, 5) is 35.5. The van der Waals surface area contributed by atoms with Gasteiger partial charge >= 0.3 is 0 Å². The molecule has 158 valence electrons. The number of pyridine rings is 1. The molecule has 2 aromatic carbocycles. The molecule has 0 spiro atoms. The summed E-state index contributed by atoms with van der Waals surface area (Å²) in [6.45, 7) is 5.49. The molecular formula is C24H25N5O2. The molecule has 31 heavy (non-hydrogen) atoms. The van der Waals surface area contributed by atoms with Gasteiger partial charge in [-0.25, -0.2) is 4.98 Å². The Morgan fingerprint density at radius 2 is 1.81 bits per heavy atom. The molecule has 0 unspecified atom stereocenters. The first-order valence-electron chi connectivity index (χ1n) is 10.6. The summed E-state index contributed by atoms with van der Waals surface area (Å²) in [5, 5.41) is 5.47. The molecule has 7 nitrogen and oxygen atoms in total. The van der Waals surface area contributed by atoms with Crippen molar-refractivity contribution < 1.29 is 4.79 Å². The SMILES string of the molecule is CN1CCN(CCNC(=O)c2cccn3c(=O)c4ccc5ccccc5c4nc23)CC1. The zero-order valence-electron chi connectivity index (χ0n) is 17.5. The van der Waals surface area contributed by atoms with Crippen molar-refractivity contribution in [1.82, 2.24) is 24.5 Å². The van der Waals surface area contributed by atoms with E-state index < -0.39 is 0 Å². The maximum absolute atomic E-state index is 13.1. The molecule has 7 heteroatoms. The molecule has 5 rings (SSSR count). The van der Waals surface area contributed by atoms with Gasteiger partial charge in [0, 0.05) is 50.9 Å². The van der Waals surface area contributed by atoms with E-state index in [1.807, 2.05) is 36.4 Å². The molecule has 1 aliphatic rings. The lowest BCUT2D eigenvalue weighted by molar-refractivity contribution is 0.0942. The van der Waals surface area contributed by atoms with E-state index in [9.17, 15) is 9.59 Å². The third-order valence-corrected chi connectivity index (χ3v) is 6.09. The van der Waals surface area contributed by atoms with Gasteiger partial charge in [-0.1, -0.05) is 30.3 Å². The lowest BCUT2D eigenvalue weighted by Gasteiger charge is -2.32. The number of benzene rings is 2. The zero-order valence-corrected chi connectivity index (χ0v) is 17.5. The normalized spacial score (nSPS) is 15.6. The number of nitrogens with one attached hydrogen (secondary N) is 1. The summed E-state index contributed by atoms with van der Waals surface area (Å²) >= 11 is 0. The predicted octanol–water partition coefficient (Wildman–Crippen LogP) is 1.98. The Morgan fingerprint density at radius 1 is 1.00 bits per heavy atom. The maximum Gasteiger partial charge on any atom is 0.265 e. The summed E-state index contributed by atoms with van der Waals surface area (Å²) in [5.74, 6) is -0.210. The van der Waals surface area contributed by atoms with E-state index in [-0.39, 0.29) is 11.5 Å². The van der Waals surface area contributed by atoms with E-state index >= 15 is 0 Å². The number of amides is 1. The van der Waals surface area contributed by atoms with Gasteiger partial charge in [-0.05, 0) is 30.6 Å². The number of carbonyl (C=O) groups excluding carboxylic acids is 1. The molecule has 4 aromatic rings. The van der Waals surface area contributed by atoms with Crippen LogP contribution in [0.4, 0.5) is 0 Å². The van der Waals surface area contributed by atoms with Crippen LogP contribution in [0.3, 0.4) is 0 Å². The standard InChI is InChI=1S/C24H25N5O2/c1-27-13-15-28(16-14-27)12-10-25-23(30)20-7-4-11-29-22(20)26-21-18-6-3-2-5-17(18)8-9-19(21)24(29)31/h2-9,11H,10,12-16H2,1H3,(H,25,30). The molecular weight excluding hydrogens is 390 g/mol. The average molecular weight is 415 g/mol. The highest BCUT2D eigenvalue weighted by Crippen LogP contribution is 2.23. The summed E-state index contributed by atoms with van der Waals surface area (Å²) in [6.07, 6.45) is 1.67. The fourth-order valence-electron chi connectivity index (χ4n) is 4.23. The molecule has 0 atom stereocenters. The molecule has 0 radical (unpaired) electrons. The molecule has 0 bridgehead atoms. The van der Waals surface area contributed by atoms with Crippen LogP contribution in [0.1, 0.15) is 10.4 Å². The number of rotatable bonds is 4. The minimum atomic E-state index is -0.210. The molecule has 1 saturated heterocycles. The van der Waals surface area contributed by atoms with Crippen molar-refractivity contribution >= 4 is 33.2 Å². The predicted molar refractivity (Wildman–Crippen MR) is 123 cm³/mol. The Hall–Kier alpha value is -3.29. The Kier molecular flexibility index (Phi) is 5.13. The Bertz CT molecular complexity index is 1340. The van der Waals surface area contributed by atoms with Gasteiger partial charge in [0.05, 0.1) is 16.5 Å². The van der Waals surface area contributed by atoms with Crippen molar-refractivity contribution in [1.29, 1.82) is 0 Å². The van der Waals surface area contributed by atoms with Gasteiger partial charge in [-0.2, -0.15) is 0 Å². The third-order valence-electron chi connectivity index (χ3n) is 6.09. The Morgan fingerprint density at radius 3 is 2.65 bits per heavy atom. The molecule has 1 aliphatic heterocycles. The molecule has 0 saturated carbocycles. The number of carbonyl (C=O) groups is 1. The van der Waals surface area contributed by atoms with Crippen LogP contribution in [0.5, 0.6) is 0 Å². The van der Waals surface area contributed by atoms with Crippen LogP contribution >= 0.6 is 0 Å². The third kappa shape index (κ3) is 3.66. The quantitative estimate of drug-likeness (QED) is 0.408. The monoisotopic (exact) mass is 415 g/mol. The zero-order chi connectivity index (χ0) is 21.4. The van der Waals surface area contributed by atoms with Crippen LogP contribution in [0.25, 0.3) is 27.3 Å². The van der Waals surface area contributed by atoms with Crippen LogP contribution in [0.15, 0.2) is 59.5 Å². The van der Waals surface area contributed by atoms with E-state index in [0.717, 1.165) is 43.5 Å². The van der Waals surface area contributed by atoms with Crippen molar-refractivity contribution in [3.63, 3.8) is 0 Å². The number of aromatic nitrogens is 2. The number of fused-ring (bicyclic) bond motifs is 4. The van der Waals surface area contributed by atoms with Crippen molar-refractivity contribution in [2.45, 2.75) is 0 Å². The van der Waals surface area contributed by atoms with Crippen LogP contribution in [0.2, 0.25) is 0 Å². The molecule has 0 aliphatic carbocycles. The largest absolute Gasteiger partial charge is 0.351 e. The second-order valence-corrected chi connectivity index (χ2v) is 8.12. The van der Waals surface area contributed by atoms with E-state index in [0.29, 0.717) is 28.7 Å². The highest BCUT2D eigenvalue weighted by Gasteiger charge is 2.17. The molecule has 1 amide bonds. The summed E-state index contributed by atoms with van der Waals surface area (Å²) in [7, 11) is 2.13. The number of hydrogen-bond acceptors (Lipinski definition) is 5. The first-order chi connectivity index (χ1) is 15.1. The smallest absolute Gasteiger partial charge is 0.265 e. The topological polar surface area (TPSA) is 69.9 Å². The highest BCUT2D eigenvalue weighted by molar-refractivity contribution is 6.07. The van der Waals surface area contributed by atoms with Crippen molar-refractivity contribution in [3.8, 4) is 0 Å². The summed E-state index contributed by atoms with van der Waals surface area (Å²) < 4.78 is 1.46. The lowest BCUT2D eigenvalue weighted by Crippen LogP contribution is -2.46. The van der Waals surface area contributed by atoms with Gasteiger partial charge in [-0.15, -0.1) is 0 Å². The number of likely N-dealkylation sites (N-methyl/N-ethyl adjacent to an activating group) is 1. The maximum atomic E-state index is 13.1. The second-order valence-electron chi connectivity index (χ2n) is 8.12. The van der Waals surface area contributed by atoms with Crippen LogP contribution in [-0.2, 0) is 0 Å². The lowest BCUT2D eigenvalue weighted by atomic mass is 10.1. The summed E-state index contributed by atoms with van der Waals surface area (Å²) in [6, 6.07) is 15.0. The van der Waals surface area contributed by atoms with E-state index in [1.54, 1.807) is 18.3 Å². The fourth-order valence-corrected chi connectivity index (χ4v) is 4.23. The van der Waals surface area contributed by atoms with Gasteiger partial charge in [0.1, 0.15) is 0 Å². The van der Waals surface area contributed by atoms with E-state index in [1.165, 1.54) is 4.40 Å². The minimum Gasteiger partial charge on any atom is -0.351 e. The Balaban J connectivity index is 1.48. The van der Waals surface area contributed by atoms with Crippen LogP contribution in [-0.4, -0.2) is 71.4 Å². The fraction of sp³-hybridized carbons (Fsp3) is 0.292. The number of piperazine rings is 1. The van der Waals surface area contributed by atoms with Crippen LogP contribution in [0, 0.1) is 0 Å². The molecule has 1 fully saturated rings. The summed E-state index contributed by atoms with van der Waals surface area (Å²) in [5.41, 5.74) is 1.25. The van der Waals surface area contributed by atoms with E-state index in [4.69, 9.17) is 4.98 Å². The molecule has 3 heterocycles. The molecule has 2 aromatic heterocycles. The minimum absolute atomic E-state index is 0.169. The Labute approximate surface area is 179 Å². The number of nitrogens with zero attached hydrogens (tertiary/aromatic N) is 4. The first-order valence-corrected chi connectivity index (χ1v) is 10.6. The van der Waals surface area contributed by atoms with Gasteiger partial charge in [0.2, 0.25) is 0 Å². The van der Waals surface area contributed by atoms with Gasteiger partial charge in [0.25, 0.3) is 11.5 Å². The van der Waals surface area contributed by atoms with Gasteiger partial charge in [-0.3, -0.25) is 18.9 Å². The average Bonchev–Trinajstić information content (AvgIpc) is 2.80.